The molecule has 1 aliphatic carbocycles. The number of carbonyl (C=O) groups excluding carboxylic acids is 3. The Hall–Kier alpha value is -3.36. The van der Waals surface area contributed by atoms with Crippen molar-refractivity contribution in [1.29, 1.82) is 0 Å². The highest BCUT2D eigenvalue weighted by molar-refractivity contribution is 9.11. The SMILES string of the molecule is O=C(O)C[C@H]1CC[C@@H](N2CCN(C(=O)[C@@H](Cc3cc(Br)c(O)c(Br)c3)OC(=O)N3CCC(N4CCc5ccccc5NC4=O)CC3)CC2)CC1. The molecule has 0 spiro atoms. The van der Waals surface area contributed by atoms with Crippen LogP contribution in [0, 0.1) is 5.92 Å². The summed E-state index contributed by atoms with van der Waals surface area (Å²) in [6.45, 7) is 3.86. The highest BCUT2D eigenvalue weighted by Crippen LogP contribution is 2.34. The molecule has 3 heterocycles. The van der Waals surface area contributed by atoms with E-state index >= 15 is 0 Å². The average molecular weight is 820 g/mol. The van der Waals surface area contributed by atoms with Gasteiger partial charge in [0.25, 0.3) is 5.91 Å². The second-order valence-corrected chi connectivity index (χ2v) is 15.6. The number of hydrogen-bond acceptors (Lipinski definition) is 7. The number of amides is 4. The Morgan fingerprint density at radius 2 is 1.52 bits per heavy atom. The topological polar surface area (TPSA) is 143 Å². The molecule has 3 aliphatic heterocycles. The number of rotatable bonds is 8. The zero-order valence-corrected chi connectivity index (χ0v) is 31.2. The summed E-state index contributed by atoms with van der Waals surface area (Å²) in [5.74, 6) is -0.703. The van der Waals surface area contributed by atoms with Crippen LogP contribution in [0.4, 0.5) is 15.3 Å². The zero-order valence-electron chi connectivity index (χ0n) is 28.1. The molecule has 0 aromatic heterocycles. The van der Waals surface area contributed by atoms with Crippen molar-refractivity contribution in [3.05, 3.63) is 56.5 Å². The van der Waals surface area contributed by atoms with Crippen molar-refractivity contribution in [2.75, 3.05) is 51.1 Å². The number of benzene rings is 2. The lowest BCUT2D eigenvalue weighted by Crippen LogP contribution is -2.55. The normalized spacial score (nSPS) is 22.7. The number of nitrogens with zero attached hydrogens (tertiary/aromatic N) is 4. The van der Waals surface area contributed by atoms with E-state index in [9.17, 15) is 24.3 Å². The fourth-order valence-corrected chi connectivity index (χ4v) is 9.18. The molecule has 50 heavy (non-hydrogen) atoms. The number of carbonyl (C=O) groups is 4. The summed E-state index contributed by atoms with van der Waals surface area (Å²) in [5.41, 5.74) is 2.66. The monoisotopic (exact) mass is 817 g/mol. The van der Waals surface area contributed by atoms with Crippen LogP contribution in [0.15, 0.2) is 45.3 Å². The Labute approximate surface area is 309 Å². The number of anilines is 1. The van der Waals surface area contributed by atoms with Gasteiger partial charge in [0, 0.05) is 76.4 Å². The van der Waals surface area contributed by atoms with E-state index in [0.717, 1.165) is 48.9 Å². The number of phenolic OH excluding ortho intramolecular Hbond substituents is 1. The van der Waals surface area contributed by atoms with Gasteiger partial charge in [-0.15, -0.1) is 0 Å². The highest BCUT2D eigenvalue weighted by Gasteiger charge is 2.37. The second-order valence-electron chi connectivity index (χ2n) is 13.9. The summed E-state index contributed by atoms with van der Waals surface area (Å²) in [6, 6.07) is 11.5. The van der Waals surface area contributed by atoms with Gasteiger partial charge >= 0.3 is 18.1 Å². The van der Waals surface area contributed by atoms with Gasteiger partial charge in [-0.25, -0.2) is 9.59 Å². The first kappa shape index (κ1) is 36.4. The Bertz CT molecular complexity index is 1550. The molecule has 1 saturated carbocycles. The van der Waals surface area contributed by atoms with Crippen LogP contribution in [0.1, 0.15) is 56.1 Å². The van der Waals surface area contributed by atoms with Crippen molar-refractivity contribution in [1.82, 2.24) is 19.6 Å². The Kier molecular flexibility index (Phi) is 11.9. The molecule has 2 aromatic rings. The Morgan fingerprint density at radius 1 is 0.860 bits per heavy atom. The number of carboxylic acid groups (broad SMARTS) is 1. The van der Waals surface area contributed by atoms with E-state index in [2.05, 4.69) is 42.1 Å². The number of piperazine rings is 1. The Morgan fingerprint density at radius 3 is 2.18 bits per heavy atom. The van der Waals surface area contributed by atoms with Gasteiger partial charge in [0.15, 0.2) is 6.10 Å². The molecule has 270 valence electrons. The molecule has 2 aromatic carbocycles. The van der Waals surface area contributed by atoms with Crippen LogP contribution in [0.3, 0.4) is 0 Å². The number of hydrogen-bond donors (Lipinski definition) is 3. The van der Waals surface area contributed by atoms with Gasteiger partial charge in [-0.3, -0.25) is 14.5 Å². The minimum Gasteiger partial charge on any atom is -0.506 e. The molecule has 6 rings (SSSR count). The first-order valence-electron chi connectivity index (χ1n) is 17.6. The number of piperidine rings is 1. The van der Waals surface area contributed by atoms with Gasteiger partial charge < -0.3 is 35.0 Å². The number of urea groups is 1. The van der Waals surface area contributed by atoms with E-state index in [-0.39, 0.29) is 42.5 Å². The lowest BCUT2D eigenvalue weighted by Gasteiger charge is -2.42. The van der Waals surface area contributed by atoms with E-state index in [1.54, 1.807) is 21.9 Å². The molecule has 0 radical (unpaired) electrons. The molecule has 0 unspecified atom stereocenters. The number of fused-ring (bicyclic) bond motifs is 1. The van der Waals surface area contributed by atoms with Crippen molar-refractivity contribution in [3.63, 3.8) is 0 Å². The number of likely N-dealkylation sites (tertiary alicyclic amines) is 1. The predicted octanol–water partition coefficient (Wildman–Crippen LogP) is 5.70. The van der Waals surface area contributed by atoms with Crippen LogP contribution in [0.5, 0.6) is 5.75 Å². The van der Waals surface area contributed by atoms with Gasteiger partial charge in [0.1, 0.15) is 5.75 Å². The summed E-state index contributed by atoms with van der Waals surface area (Å²) < 4.78 is 6.95. The van der Waals surface area contributed by atoms with Crippen LogP contribution in [-0.4, -0.2) is 118 Å². The lowest BCUT2D eigenvalue weighted by molar-refractivity contribution is -0.143. The van der Waals surface area contributed by atoms with Crippen molar-refractivity contribution in [2.45, 2.75) is 76.0 Å². The fourth-order valence-electron chi connectivity index (χ4n) is 7.90. The standard InChI is InChI=1S/C36H45Br2N5O7/c37-28-19-24(20-29(38)33(28)46)21-31(34(47)41-17-15-40(16-18-41)26-7-5-23(6-8-26)22-32(44)45)50-36(49)42-12-10-27(11-13-42)43-14-9-25-3-1-2-4-30(25)39-35(43)48/h1-4,19-20,23,26-27,31,46H,5-18,21-22H2,(H,39,48)(H,44,45)/t23-,26+,31-/m1/s1. The first-order valence-corrected chi connectivity index (χ1v) is 19.2. The molecule has 4 aliphatic rings. The maximum Gasteiger partial charge on any atom is 0.410 e. The maximum atomic E-state index is 14.0. The fraction of sp³-hybridized carbons (Fsp3) is 0.556. The molecule has 0 bridgehead atoms. The summed E-state index contributed by atoms with van der Waals surface area (Å²) in [4.78, 5) is 59.6. The minimum absolute atomic E-state index is 0.0130. The molecule has 4 amide bonds. The maximum absolute atomic E-state index is 14.0. The third-order valence-electron chi connectivity index (χ3n) is 10.7. The first-order chi connectivity index (χ1) is 24.0. The van der Waals surface area contributed by atoms with Crippen molar-refractivity contribution >= 4 is 61.5 Å². The predicted molar refractivity (Wildman–Crippen MR) is 194 cm³/mol. The number of halogens is 2. The quantitative estimate of drug-likeness (QED) is 0.308. The van der Waals surface area contributed by atoms with Gasteiger partial charge in [-0.2, -0.15) is 0 Å². The van der Waals surface area contributed by atoms with Crippen molar-refractivity contribution in [2.24, 2.45) is 5.92 Å². The van der Waals surface area contributed by atoms with Crippen molar-refractivity contribution < 1.29 is 34.1 Å². The van der Waals surface area contributed by atoms with E-state index < -0.39 is 18.2 Å². The molecule has 3 fully saturated rings. The summed E-state index contributed by atoms with van der Waals surface area (Å²) in [5, 5.41) is 22.4. The van der Waals surface area contributed by atoms with E-state index in [1.807, 2.05) is 29.2 Å². The number of carboxylic acids is 1. The van der Waals surface area contributed by atoms with Crippen LogP contribution < -0.4 is 5.32 Å². The van der Waals surface area contributed by atoms with E-state index in [1.165, 1.54) is 0 Å². The number of aromatic hydroxyl groups is 1. The van der Waals surface area contributed by atoms with Gasteiger partial charge in [-0.05, 0) is 112 Å². The summed E-state index contributed by atoms with van der Waals surface area (Å²) in [6.07, 6.45) is 4.46. The number of phenols is 1. The van der Waals surface area contributed by atoms with Crippen LogP contribution in [0.25, 0.3) is 0 Å². The molecule has 3 N–H and O–H groups in total. The highest BCUT2D eigenvalue weighted by atomic mass is 79.9. The molecule has 14 heteroatoms. The molecule has 2 saturated heterocycles. The van der Waals surface area contributed by atoms with Gasteiger partial charge in [-0.1, -0.05) is 18.2 Å². The molecular weight excluding hydrogens is 774 g/mol. The van der Waals surface area contributed by atoms with Crippen LogP contribution in [0.2, 0.25) is 0 Å². The number of para-hydroxylation sites is 1. The Balaban J connectivity index is 1.06. The molecular formula is C36H45Br2N5O7. The van der Waals surface area contributed by atoms with Gasteiger partial charge in [0.2, 0.25) is 0 Å². The minimum atomic E-state index is -1.06. The smallest absolute Gasteiger partial charge is 0.410 e. The largest absolute Gasteiger partial charge is 0.506 e. The van der Waals surface area contributed by atoms with Gasteiger partial charge in [0.05, 0.1) is 8.95 Å². The number of ether oxygens (including phenoxy) is 1. The molecule has 12 nitrogen and oxygen atoms in total. The second kappa shape index (κ2) is 16.3. The lowest BCUT2D eigenvalue weighted by atomic mass is 9.83. The average Bonchev–Trinajstić information content (AvgIpc) is 3.28. The van der Waals surface area contributed by atoms with Crippen molar-refractivity contribution in [3.8, 4) is 5.75 Å². The number of nitrogens with one attached hydrogen (secondary N) is 1. The zero-order chi connectivity index (χ0) is 35.4. The third-order valence-corrected chi connectivity index (χ3v) is 12.0. The summed E-state index contributed by atoms with van der Waals surface area (Å²) in [7, 11) is 0. The van der Waals surface area contributed by atoms with E-state index in [0.29, 0.717) is 73.6 Å². The molecule has 1 atom stereocenters. The van der Waals surface area contributed by atoms with Crippen LogP contribution >= 0.6 is 31.9 Å². The van der Waals surface area contributed by atoms with E-state index in [4.69, 9.17) is 9.84 Å². The third kappa shape index (κ3) is 8.74. The number of aliphatic carboxylic acids is 1. The van der Waals surface area contributed by atoms with Crippen LogP contribution in [-0.2, 0) is 27.2 Å². The summed E-state index contributed by atoms with van der Waals surface area (Å²) >= 11 is 6.74.